The Balaban J connectivity index is 1.88. The van der Waals surface area contributed by atoms with Gasteiger partial charge in [0.1, 0.15) is 0 Å². The van der Waals surface area contributed by atoms with Gasteiger partial charge in [-0.15, -0.1) is 0 Å². The predicted octanol–water partition coefficient (Wildman–Crippen LogP) is 0.820. The largest absolute Gasteiger partial charge is 0.415 e. The van der Waals surface area contributed by atoms with Crippen molar-refractivity contribution in [1.29, 1.82) is 0 Å². The van der Waals surface area contributed by atoms with E-state index in [1.807, 2.05) is 0 Å². The van der Waals surface area contributed by atoms with Crippen LogP contribution in [0.15, 0.2) is 0 Å². The van der Waals surface area contributed by atoms with Gasteiger partial charge in [0.2, 0.25) is 0 Å². The van der Waals surface area contributed by atoms with E-state index in [1.165, 1.54) is 17.7 Å². The van der Waals surface area contributed by atoms with Gasteiger partial charge in [0, 0.05) is 32.7 Å². The average molecular weight is 279 g/mol. The second-order valence-corrected chi connectivity index (χ2v) is 5.74. The molecule has 1 heterocycles. The summed E-state index contributed by atoms with van der Waals surface area (Å²) in [5, 5.41) is 0. The maximum Gasteiger partial charge on any atom is 0.415 e. The molecule has 0 spiro atoms. The smallest absolute Gasteiger partial charge is 0.338 e. The normalized spacial score (nSPS) is 25.2. The van der Waals surface area contributed by atoms with E-state index in [4.69, 9.17) is 5.73 Å². The van der Waals surface area contributed by atoms with Gasteiger partial charge in [-0.3, -0.25) is 9.69 Å². The van der Waals surface area contributed by atoms with Gasteiger partial charge in [-0.2, -0.15) is 13.2 Å². The fourth-order valence-corrected chi connectivity index (χ4v) is 2.25. The third-order valence-corrected chi connectivity index (χ3v) is 3.91. The molecule has 7 heteroatoms. The number of rotatable bonds is 3. The fourth-order valence-electron chi connectivity index (χ4n) is 2.25. The molecule has 1 amide bonds. The van der Waals surface area contributed by atoms with E-state index in [1.54, 1.807) is 0 Å². The van der Waals surface area contributed by atoms with Crippen LogP contribution in [0.1, 0.15) is 19.8 Å². The Morgan fingerprint density at radius 3 is 2.16 bits per heavy atom. The van der Waals surface area contributed by atoms with Crippen LogP contribution in [0.2, 0.25) is 0 Å². The second-order valence-electron chi connectivity index (χ2n) is 5.74. The molecule has 1 atom stereocenters. The molecule has 2 fully saturated rings. The number of hydrogen-bond acceptors (Lipinski definition) is 3. The lowest BCUT2D eigenvalue weighted by Gasteiger charge is -2.38. The van der Waals surface area contributed by atoms with Crippen molar-refractivity contribution in [2.45, 2.75) is 31.5 Å². The van der Waals surface area contributed by atoms with Crippen LogP contribution < -0.4 is 5.73 Å². The molecular weight excluding hydrogens is 259 g/mol. The molecule has 2 N–H and O–H groups in total. The van der Waals surface area contributed by atoms with E-state index in [9.17, 15) is 18.0 Å². The molecule has 0 radical (unpaired) electrons. The minimum atomic E-state index is -4.71. The lowest BCUT2D eigenvalue weighted by molar-refractivity contribution is -0.194. The Hall–Kier alpha value is -0.820. The van der Waals surface area contributed by atoms with Crippen LogP contribution in [0.4, 0.5) is 13.2 Å². The van der Waals surface area contributed by atoms with Crippen molar-refractivity contribution in [1.82, 2.24) is 9.80 Å². The zero-order valence-corrected chi connectivity index (χ0v) is 11.0. The highest BCUT2D eigenvalue weighted by molar-refractivity contribution is 5.86. The van der Waals surface area contributed by atoms with Crippen LogP contribution >= 0.6 is 0 Å². The Bertz CT molecular complexity index is 345. The van der Waals surface area contributed by atoms with E-state index >= 15 is 0 Å². The van der Waals surface area contributed by atoms with Gasteiger partial charge in [-0.05, 0) is 25.7 Å². The maximum absolute atomic E-state index is 12.7. The summed E-state index contributed by atoms with van der Waals surface area (Å²) in [6.07, 6.45) is -2.22. The molecule has 110 valence electrons. The van der Waals surface area contributed by atoms with Gasteiger partial charge in [0.25, 0.3) is 5.91 Å². The molecule has 2 aliphatic rings. The summed E-state index contributed by atoms with van der Waals surface area (Å²) >= 11 is 0. The first-order valence-electron chi connectivity index (χ1n) is 6.59. The lowest BCUT2D eigenvalue weighted by Crippen LogP contribution is -2.64. The molecule has 1 saturated carbocycles. The summed E-state index contributed by atoms with van der Waals surface area (Å²) in [4.78, 5) is 15.3. The standard InChI is InChI=1S/C12H20F3N3O/c1-11(16,12(13,14)15)10(19)18-6-4-17(5-7-18)8-9-2-3-9/h9H,2-8,16H2,1H3. The zero-order chi connectivity index (χ0) is 14.3. The highest BCUT2D eigenvalue weighted by Gasteiger charge is 2.55. The van der Waals surface area contributed by atoms with E-state index in [-0.39, 0.29) is 0 Å². The van der Waals surface area contributed by atoms with Crippen LogP contribution in [0.25, 0.3) is 0 Å². The summed E-state index contributed by atoms with van der Waals surface area (Å²) in [7, 11) is 0. The number of alkyl halides is 3. The van der Waals surface area contributed by atoms with Crippen molar-refractivity contribution in [2.75, 3.05) is 32.7 Å². The number of hydrogen-bond donors (Lipinski definition) is 1. The number of amides is 1. The molecule has 0 bridgehead atoms. The van der Waals surface area contributed by atoms with Crippen molar-refractivity contribution in [3.05, 3.63) is 0 Å². The number of nitrogens with two attached hydrogens (primary N) is 1. The quantitative estimate of drug-likeness (QED) is 0.832. The SMILES string of the molecule is CC(N)(C(=O)N1CCN(CC2CC2)CC1)C(F)(F)F. The van der Waals surface area contributed by atoms with Gasteiger partial charge in [0.05, 0.1) is 0 Å². The van der Waals surface area contributed by atoms with Crippen LogP contribution in [-0.2, 0) is 4.79 Å². The average Bonchev–Trinajstić information content (AvgIpc) is 3.11. The number of carbonyl (C=O) groups excluding carboxylic acids is 1. The minimum Gasteiger partial charge on any atom is -0.338 e. The third-order valence-electron chi connectivity index (χ3n) is 3.91. The van der Waals surface area contributed by atoms with E-state index in [0.29, 0.717) is 26.2 Å². The van der Waals surface area contributed by atoms with Crippen LogP contribution in [0.5, 0.6) is 0 Å². The fraction of sp³-hybridized carbons (Fsp3) is 0.917. The van der Waals surface area contributed by atoms with Gasteiger partial charge < -0.3 is 10.6 Å². The molecule has 1 aliphatic heterocycles. The van der Waals surface area contributed by atoms with Crippen molar-refractivity contribution >= 4 is 5.91 Å². The van der Waals surface area contributed by atoms with Crippen molar-refractivity contribution < 1.29 is 18.0 Å². The highest BCUT2D eigenvalue weighted by Crippen LogP contribution is 2.31. The molecule has 2 rings (SSSR count). The van der Waals surface area contributed by atoms with Crippen molar-refractivity contribution in [2.24, 2.45) is 11.7 Å². The molecule has 4 nitrogen and oxygen atoms in total. The number of nitrogens with zero attached hydrogens (tertiary/aromatic N) is 2. The van der Waals surface area contributed by atoms with Gasteiger partial charge >= 0.3 is 6.18 Å². The highest BCUT2D eigenvalue weighted by atomic mass is 19.4. The second kappa shape index (κ2) is 4.94. The first-order chi connectivity index (χ1) is 8.72. The maximum atomic E-state index is 12.7. The Labute approximate surface area is 110 Å². The number of halogens is 3. The molecule has 1 unspecified atom stereocenters. The topological polar surface area (TPSA) is 49.6 Å². The molecular formula is C12H20F3N3O. The summed E-state index contributed by atoms with van der Waals surface area (Å²) in [6, 6.07) is 0. The summed E-state index contributed by atoms with van der Waals surface area (Å²) in [6.45, 7) is 3.67. The van der Waals surface area contributed by atoms with Gasteiger partial charge in [-0.1, -0.05) is 0 Å². The summed E-state index contributed by atoms with van der Waals surface area (Å²) in [5.41, 5.74) is 2.38. The number of piperazine rings is 1. The molecule has 0 aromatic rings. The molecule has 0 aromatic heterocycles. The van der Waals surface area contributed by atoms with Crippen molar-refractivity contribution in [3.63, 3.8) is 0 Å². The van der Waals surface area contributed by atoms with Crippen LogP contribution in [0.3, 0.4) is 0 Å². The zero-order valence-electron chi connectivity index (χ0n) is 11.0. The molecule has 1 aliphatic carbocycles. The predicted molar refractivity (Wildman–Crippen MR) is 64.4 cm³/mol. The van der Waals surface area contributed by atoms with Gasteiger partial charge in [-0.25, -0.2) is 0 Å². The minimum absolute atomic E-state index is 0.328. The first kappa shape index (κ1) is 14.6. The van der Waals surface area contributed by atoms with E-state index in [0.717, 1.165) is 19.4 Å². The Morgan fingerprint density at radius 1 is 1.21 bits per heavy atom. The monoisotopic (exact) mass is 279 g/mol. The molecule has 19 heavy (non-hydrogen) atoms. The van der Waals surface area contributed by atoms with E-state index < -0.39 is 17.6 Å². The molecule has 1 saturated heterocycles. The van der Waals surface area contributed by atoms with Crippen LogP contribution in [0, 0.1) is 5.92 Å². The van der Waals surface area contributed by atoms with Crippen LogP contribution in [-0.4, -0.2) is 60.1 Å². The number of carbonyl (C=O) groups is 1. The summed E-state index contributed by atoms with van der Waals surface area (Å²) in [5.74, 6) is -0.275. The third kappa shape index (κ3) is 3.20. The first-order valence-corrected chi connectivity index (χ1v) is 6.59. The van der Waals surface area contributed by atoms with Crippen molar-refractivity contribution in [3.8, 4) is 0 Å². The van der Waals surface area contributed by atoms with Gasteiger partial charge in [0.15, 0.2) is 5.54 Å². The summed E-state index contributed by atoms with van der Waals surface area (Å²) < 4.78 is 38.1. The molecule has 0 aromatic carbocycles. The Morgan fingerprint density at radius 2 is 1.74 bits per heavy atom. The Kier molecular flexibility index (Phi) is 3.79. The lowest BCUT2D eigenvalue weighted by atomic mass is 10.0. The van der Waals surface area contributed by atoms with E-state index in [2.05, 4.69) is 4.90 Å².